The SMILES string of the molecule is CC(C)c1c(C(=O)Nc2ccc(-c3cn4cccnc4n3)cc2)cnn1-c1ccc(C(F)(F)F)cn1. The zero-order valence-corrected chi connectivity index (χ0v) is 19.2. The minimum Gasteiger partial charge on any atom is -0.322 e. The van der Waals surface area contributed by atoms with E-state index in [9.17, 15) is 18.0 Å². The number of carbonyl (C=O) groups is 1. The number of fused-ring (bicyclic) bond motifs is 1. The summed E-state index contributed by atoms with van der Waals surface area (Å²) in [5, 5.41) is 7.09. The molecule has 4 heterocycles. The molecule has 1 aromatic carbocycles. The van der Waals surface area contributed by atoms with E-state index in [0.717, 1.165) is 23.5 Å². The normalized spacial score (nSPS) is 11.8. The van der Waals surface area contributed by atoms with Gasteiger partial charge in [0.2, 0.25) is 5.78 Å². The van der Waals surface area contributed by atoms with Crippen LogP contribution in [-0.2, 0) is 6.18 Å². The van der Waals surface area contributed by atoms with Gasteiger partial charge in [-0.3, -0.25) is 9.20 Å². The molecule has 0 unspecified atom stereocenters. The predicted molar refractivity (Wildman–Crippen MR) is 127 cm³/mol. The molecule has 11 heteroatoms. The van der Waals surface area contributed by atoms with Crippen molar-refractivity contribution in [1.29, 1.82) is 0 Å². The molecule has 1 amide bonds. The lowest BCUT2D eigenvalue weighted by Crippen LogP contribution is -2.16. The molecule has 0 atom stereocenters. The third-order valence-electron chi connectivity index (χ3n) is 5.56. The summed E-state index contributed by atoms with van der Waals surface area (Å²) in [4.78, 5) is 25.7. The molecule has 0 spiro atoms. The second-order valence-corrected chi connectivity index (χ2v) is 8.40. The number of amides is 1. The standard InChI is InChI=1S/C25H20F3N7O/c1-15(2)22-19(13-31-35(22)21-9-6-17(12-30-21)25(26,27)28)23(36)32-18-7-4-16(5-8-18)20-14-34-11-3-10-29-24(34)33-20/h3-15H,1-2H3,(H,32,36). The maximum atomic E-state index is 13.1. The minimum absolute atomic E-state index is 0.150. The van der Waals surface area contributed by atoms with Crippen LogP contribution in [0.5, 0.6) is 0 Å². The number of benzene rings is 1. The lowest BCUT2D eigenvalue weighted by Gasteiger charge is -2.13. The Morgan fingerprint density at radius 3 is 2.44 bits per heavy atom. The minimum atomic E-state index is -4.49. The average Bonchev–Trinajstić information content (AvgIpc) is 3.49. The van der Waals surface area contributed by atoms with E-state index in [1.54, 1.807) is 18.3 Å². The molecular weight excluding hydrogens is 471 g/mol. The van der Waals surface area contributed by atoms with Gasteiger partial charge in [-0.15, -0.1) is 0 Å². The van der Waals surface area contributed by atoms with E-state index in [4.69, 9.17) is 0 Å². The molecule has 36 heavy (non-hydrogen) atoms. The molecule has 8 nitrogen and oxygen atoms in total. The average molecular weight is 491 g/mol. The number of pyridine rings is 1. The van der Waals surface area contributed by atoms with Crippen LogP contribution in [0, 0.1) is 0 Å². The number of aromatic nitrogens is 6. The van der Waals surface area contributed by atoms with Crippen LogP contribution in [0.15, 0.2) is 73.4 Å². The predicted octanol–water partition coefficient (Wildman–Crippen LogP) is 5.37. The van der Waals surface area contributed by atoms with Crippen LogP contribution in [0.4, 0.5) is 18.9 Å². The van der Waals surface area contributed by atoms with Gasteiger partial charge in [0, 0.05) is 36.0 Å². The second-order valence-electron chi connectivity index (χ2n) is 8.40. The fourth-order valence-corrected chi connectivity index (χ4v) is 3.84. The van der Waals surface area contributed by atoms with Gasteiger partial charge < -0.3 is 5.32 Å². The zero-order valence-electron chi connectivity index (χ0n) is 19.2. The van der Waals surface area contributed by atoms with E-state index in [0.29, 0.717) is 22.7 Å². The smallest absolute Gasteiger partial charge is 0.322 e. The molecule has 0 aliphatic rings. The van der Waals surface area contributed by atoms with Crippen molar-refractivity contribution in [2.45, 2.75) is 25.9 Å². The van der Waals surface area contributed by atoms with Gasteiger partial charge in [0.05, 0.1) is 28.7 Å². The van der Waals surface area contributed by atoms with Crippen molar-refractivity contribution in [3.8, 4) is 17.1 Å². The summed E-state index contributed by atoms with van der Waals surface area (Å²) in [6.07, 6.45) is 3.06. The van der Waals surface area contributed by atoms with Gasteiger partial charge in [0.25, 0.3) is 5.91 Å². The van der Waals surface area contributed by atoms with Gasteiger partial charge in [0.1, 0.15) is 0 Å². The van der Waals surface area contributed by atoms with Gasteiger partial charge >= 0.3 is 6.18 Å². The number of nitrogens with one attached hydrogen (secondary N) is 1. The van der Waals surface area contributed by atoms with Gasteiger partial charge in [-0.25, -0.2) is 19.6 Å². The molecule has 0 fully saturated rings. The highest BCUT2D eigenvalue weighted by Crippen LogP contribution is 2.30. The Bertz CT molecular complexity index is 1500. The molecule has 0 saturated heterocycles. The Labute approximate surface area is 203 Å². The number of hydrogen-bond acceptors (Lipinski definition) is 5. The Morgan fingerprint density at radius 2 is 1.81 bits per heavy atom. The highest BCUT2D eigenvalue weighted by atomic mass is 19.4. The summed E-state index contributed by atoms with van der Waals surface area (Å²) in [5.41, 5.74) is 2.17. The quantitative estimate of drug-likeness (QED) is 0.357. The molecule has 1 N–H and O–H groups in total. The van der Waals surface area contributed by atoms with Crippen molar-refractivity contribution in [2.75, 3.05) is 5.32 Å². The molecule has 5 rings (SSSR count). The molecular formula is C25H20F3N7O. The topological polar surface area (TPSA) is 90.0 Å². The van der Waals surface area contributed by atoms with Crippen molar-refractivity contribution >= 4 is 17.4 Å². The van der Waals surface area contributed by atoms with E-state index < -0.39 is 11.7 Å². The van der Waals surface area contributed by atoms with Crippen LogP contribution in [0.25, 0.3) is 22.9 Å². The summed E-state index contributed by atoms with van der Waals surface area (Å²) in [6.45, 7) is 3.74. The second kappa shape index (κ2) is 8.91. The van der Waals surface area contributed by atoms with Crippen LogP contribution in [0.3, 0.4) is 0 Å². The number of halogens is 3. The van der Waals surface area contributed by atoms with Crippen LogP contribution >= 0.6 is 0 Å². The Hall–Kier alpha value is -4.54. The number of imidazole rings is 1. The van der Waals surface area contributed by atoms with Crippen molar-refractivity contribution in [2.24, 2.45) is 0 Å². The number of rotatable bonds is 5. The van der Waals surface area contributed by atoms with Crippen molar-refractivity contribution in [3.05, 3.63) is 90.3 Å². The van der Waals surface area contributed by atoms with E-state index >= 15 is 0 Å². The van der Waals surface area contributed by atoms with Gasteiger partial charge in [-0.1, -0.05) is 26.0 Å². The number of hydrogen-bond donors (Lipinski definition) is 1. The first-order valence-corrected chi connectivity index (χ1v) is 11.0. The van der Waals surface area contributed by atoms with Crippen molar-refractivity contribution < 1.29 is 18.0 Å². The highest BCUT2D eigenvalue weighted by Gasteiger charge is 2.31. The third-order valence-corrected chi connectivity index (χ3v) is 5.56. The first-order valence-electron chi connectivity index (χ1n) is 11.0. The fraction of sp³-hybridized carbons (Fsp3) is 0.160. The summed E-state index contributed by atoms with van der Waals surface area (Å²) >= 11 is 0. The first kappa shape index (κ1) is 23.2. The highest BCUT2D eigenvalue weighted by molar-refractivity contribution is 6.05. The Balaban J connectivity index is 1.37. The molecule has 0 saturated carbocycles. The third kappa shape index (κ3) is 4.42. The zero-order chi connectivity index (χ0) is 25.4. The van der Waals surface area contributed by atoms with Crippen LogP contribution in [0.2, 0.25) is 0 Å². The monoisotopic (exact) mass is 491 g/mol. The number of carbonyl (C=O) groups excluding carboxylic acids is 1. The van der Waals surface area contributed by atoms with Crippen molar-refractivity contribution in [1.82, 2.24) is 29.1 Å². The van der Waals surface area contributed by atoms with Crippen LogP contribution < -0.4 is 5.32 Å². The van der Waals surface area contributed by atoms with Crippen LogP contribution in [0.1, 0.15) is 41.4 Å². The molecule has 0 bridgehead atoms. The Morgan fingerprint density at radius 1 is 1.03 bits per heavy atom. The summed E-state index contributed by atoms with van der Waals surface area (Å²) in [7, 11) is 0. The maximum Gasteiger partial charge on any atom is 0.417 e. The van der Waals surface area contributed by atoms with E-state index in [-0.39, 0.29) is 17.6 Å². The van der Waals surface area contributed by atoms with Gasteiger partial charge in [-0.05, 0) is 36.2 Å². The fourth-order valence-electron chi connectivity index (χ4n) is 3.84. The molecule has 0 aliphatic heterocycles. The molecule has 4 aromatic heterocycles. The number of anilines is 1. The number of alkyl halides is 3. The molecule has 182 valence electrons. The van der Waals surface area contributed by atoms with Crippen molar-refractivity contribution in [3.63, 3.8) is 0 Å². The maximum absolute atomic E-state index is 13.1. The lowest BCUT2D eigenvalue weighted by molar-refractivity contribution is -0.137. The summed E-state index contributed by atoms with van der Waals surface area (Å²) in [5.74, 6) is 0.243. The van der Waals surface area contributed by atoms with E-state index in [2.05, 4.69) is 25.4 Å². The van der Waals surface area contributed by atoms with Gasteiger partial charge in [0.15, 0.2) is 5.82 Å². The van der Waals surface area contributed by atoms with Crippen LogP contribution in [-0.4, -0.2) is 35.0 Å². The van der Waals surface area contributed by atoms with E-state index in [1.165, 1.54) is 16.9 Å². The van der Waals surface area contributed by atoms with Gasteiger partial charge in [-0.2, -0.15) is 18.3 Å². The largest absolute Gasteiger partial charge is 0.417 e. The lowest BCUT2D eigenvalue weighted by atomic mass is 10.0. The first-order chi connectivity index (χ1) is 17.2. The Kier molecular flexibility index (Phi) is 5.75. The summed E-state index contributed by atoms with van der Waals surface area (Å²) < 4.78 is 41.9. The summed E-state index contributed by atoms with van der Waals surface area (Å²) in [6, 6.07) is 11.2. The van der Waals surface area contributed by atoms with E-state index in [1.807, 2.05) is 48.8 Å². The number of nitrogens with zero attached hydrogens (tertiary/aromatic N) is 6. The molecule has 0 aliphatic carbocycles. The molecule has 0 radical (unpaired) electrons. The molecule has 5 aromatic rings.